The summed E-state index contributed by atoms with van der Waals surface area (Å²) in [6.45, 7) is 15.3. The fourth-order valence-corrected chi connectivity index (χ4v) is 2.68. The summed E-state index contributed by atoms with van der Waals surface area (Å²) < 4.78 is 0. The first kappa shape index (κ1) is 16.9. The number of aryl methyl sites for hydroxylation is 2. The van der Waals surface area contributed by atoms with E-state index in [-0.39, 0.29) is 11.6 Å². The van der Waals surface area contributed by atoms with Crippen molar-refractivity contribution >= 4 is 0 Å². The van der Waals surface area contributed by atoms with Crippen molar-refractivity contribution in [3.8, 4) is 0 Å². The molecule has 0 aliphatic heterocycles. The third kappa shape index (κ3) is 4.42. The van der Waals surface area contributed by atoms with E-state index in [1.165, 1.54) is 0 Å². The van der Waals surface area contributed by atoms with E-state index in [0.29, 0.717) is 11.9 Å². The van der Waals surface area contributed by atoms with Gasteiger partial charge in [-0.05, 0) is 40.8 Å². The van der Waals surface area contributed by atoms with Gasteiger partial charge in [0, 0.05) is 24.3 Å². The first-order valence-corrected chi connectivity index (χ1v) is 7.44. The van der Waals surface area contributed by atoms with Crippen molar-refractivity contribution in [2.75, 3.05) is 19.6 Å². The SMILES string of the molecule is CCN(CC)CC(C)NC(C)c1c(C)nc(C)[nH]c1=O. The second kappa shape index (κ2) is 7.55. The van der Waals surface area contributed by atoms with Crippen LogP contribution in [0.25, 0.3) is 0 Å². The predicted octanol–water partition coefficient (Wildman–Crippen LogP) is 1.77. The van der Waals surface area contributed by atoms with Crippen molar-refractivity contribution in [2.24, 2.45) is 0 Å². The largest absolute Gasteiger partial charge is 0.310 e. The molecule has 2 N–H and O–H groups in total. The van der Waals surface area contributed by atoms with E-state index >= 15 is 0 Å². The maximum atomic E-state index is 12.1. The van der Waals surface area contributed by atoms with E-state index in [9.17, 15) is 4.79 Å². The Bertz CT molecular complexity index is 479. The van der Waals surface area contributed by atoms with Crippen LogP contribution in [0.5, 0.6) is 0 Å². The second-order valence-electron chi connectivity index (χ2n) is 5.43. The van der Waals surface area contributed by atoms with E-state index < -0.39 is 0 Å². The van der Waals surface area contributed by atoms with Crippen LogP contribution < -0.4 is 10.9 Å². The van der Waals surface area contributed by atoms with Gasteiger partial charge in [-0.25, -0.2) is 4.98 Å². The van der Waals surface area contributed by atoms with E-state index in [2.05, 4.69) is 41.0 Å². The summed E-state index contributed by atoms with van der Waals surface area (Å²) in [6.07, 6.45) is 0. The molecule has 1 aromatic rings. The van der Waals surface area contributed by atoms with Gasteiger partial charge in [0.1, 0.15) is 5.82 Å². The van der Waals surface area contributed by atoms with Crippen LogP contribution in [-0.2, 0) is 0 Å². The molecule has 5 nitrogen and oxygen atoms in total. The predicted molar refractivity (Wildman–Crippen MR) is 83.1 cm³/mol. The third-order valence-corrected chi connectivity index (χ3v) is 3.66. The highest BCUT2D eigenvalue weighted by Gasteiger charge is 2.17. The summed E-state index contributed by atoms with van der Waals surface area (Å²) in [6, 6.07) is 0.322. The number of nitrogens with one attached hydrogen (secondary N) is 2. The first-order chi connectivity index (χ1) is 9.38. The molecule has 0 radical (unpaired) electrons. The van der Waals surface area contributed by atoms with Crippen molar-refractivity contribution < 1.29 is 0 Å². The lowest BCUT2D eigenvalue weighted by molar-refractivity contribution is 0.263. The van der Waals surface area contributed by atoms with Crippen LogP contribution in [0.3, 0.4) is 0 Å². The monoisotopic (exact) mass is 280 g/mol. The van der Waals surface area contributed by atoms with Crippen LogP contribution in [0.2, 0.25) is 0 Å². The number of hydrogen-bond acceptors (Lipinski definition) is 4. The zero-order valence-corrected chi connectivity index (χ0v) is 13.6. The van der Waals surface area contributed by atoms with Gasteiger partial charge in [-0.15, -0.1) is 0 Å². The molecule has 0 aromatic carbocycles. The number of nitrogens with zero attached hydrogens (tertiary/aromatic N) is 2. The number of likely N-dealkylation sites (N-methyl/N-ethyl adjacent to an activating group) is 1. The normalized spacial score (nSPS) is 14.6. The zero-order chi connectivity index (χ0) is 15.3. The molecule has 0 aliphatic carbocycles. The van der Waals surface area contributed by atoms with Crippen LogP contribution in [0.4, 0.5) is 0 Å². The number of H-pyrrole nitrogens is 1. The molecule has 20 heavy (non-hydrogen) atoms. The van der Waals surface area contributed by atoms with Gasteiger partial charge in [0.2, 0.25) is 0 Å². The highest BCUT2D eigenvalue weighted by molar-refractivity contribution is 5.20. The fraction of sp³-hybridized carbons (Fsp3) is 0.733. The lowest BCUT2D eigenvalue weighted by Gasteiger charge is -2.26. The van der Waals surface area contributed by atoms with E-state index in [1.54, 1.807) is 6.92 Å². The molecular weight excluding hydrogens is 252 g/mol. The Morgan fingerprint density at radius 2 is 1.85 bits per heavy atom. The van der Waals surface area contributed by atoms with Crippen molar-refractivity contribution in [3.05, 3.63) is 27.4 Å². The number of hydrogen-bond donors (Lipinski definition) is 2. The smallest absolute Gasteiger partial charge is 0.255 e. The Hall–Kier alpha value is -1.20. The van der Waals surface area contributed by atoms with Gasteiger partial charge in [0.05, 0.1) is 5.56 Å². The van der Waals surface area contributed by atoms with E-state index in [0.717, 1.165) is 30.9 Å². The molecule has 0 fully saturated rings. The topological polar surface area (TPSA) is 61.0 Å². The molecular formula is C15H28N4O. The average molecular weight is 280 g/mol. The minimum Gasteiger partial charge on any atom is -0.310 e. The van der Waals surface area contributed by atoms with Crippen molar-refractivity contribution in [1.82, 2.24) is 20.2 Å². The average Bonchev–Trinajstić information content (AvgIpc) is 2.34. The summed E-state index contributed by atoms with van der Waals surface area (Å²) in [7, 11) is 0. The van der Waals surface area contributed by atoms with Gasteiger partial charge in [-0.3, -0.25) is 4.79 Å². The molecule has 0 saturated heterocycles. The Morgan fingerprint density at radius 3 is 2.35 bits per heavy atom. The zero-order valence-electron chi connectivity index (χ0n) is 13.6. The summed E-state index contributed by atoms with van der Waals surface area (Å²) in [5.74, 6) is 0.666. The minimum atomic E-state index is -0.0370. The molecule has 5 heteroatoms. The van der Waals surface area contributed by atoms with Crippen molar-refractivity contribution in [1.29, 1.82) is 0 Å². The standard InChI is InChI=1S/C15H28N4O/c1-7-19(8-2)9-10(3)16-11(4)14-12(5)17-13(6)18-15(14)20/h10-11,16H,7-9H2,1-6H3,(H,17,18,20). The first-order valence-electron chi connectivity index (χ1n) is 7.44. The Labute approximate surface area is 121 Å². The fourth-order valence-electron chi connectivity index (χ4n) is 2.68. The third-order valence-electron chi connectivity index (χ3n) is 3.66. The summed E-state index contributed by atoms with van der Waals surface area (Å²) in [4.78, 5) is 21.6. The molecule has 0 spiro atoms. The van der Waals surface area contributed by atoms with Crippen LogP contribution in [0.1, 0.15) is 50.8 Å². The van der Waals surface area contributed by atoms with E-state index in [4.69, 9.17) is 0 Å². The Balaban J connectivity index is 2.76. The Kier molecular flexibility index (Phi) is 6.36. The molecule has 0 aliphatic rings. The van der Waals surface area contributed by atoms with Crippen molar-refractivity contribution in [3.63, 3.8) is 0 Å². The van der Waals surface area contributed by atoms with Crippen LogP contribution in [-0.4, -0.2) is 40.5 Å². The molecule has 2 atom stereocenters. The van der Waals surface area contributed by atoms with Gasteiger partial charge in [0.25, 0.3) is 5.56 Å². The second-order valence-corrected chi connectivity index (χ2v) is 5.43. The van der Waals surface area contributed by atoms with Gasteiger partial charge in [0.15, 0.2) is 0 Å². The molecule has 114 valence electrons. The van der Waals surface area contributed by atoms with E-state index in [1.807, 2.05) is 13.8 Å². The molecule has 1 rings (SSSR count). The molecule has 1 heterocycles. The lowest BCUT2D eigenvalue weighted by Crippen LogP contribution is -2.41. The summed E-state index contributed by atoms with van der Waals surface area (Å²) in [5, 5.41) is 3.49. The maximum absolute atomic E-state index is 12.1. The number of aromatic amines is 1. The quantitative estimate of drug-likeness (QED) is 0.799. The molecule has 2 unspecified atom stereocenters. The number of aromatic nitrogens is 2. The lowest BCUT2D eigenvalue weighted by atomic mass is 10.1. The van der Waals surface area contributed by atoms with Gasteiger partial charge >= 0.3 is 0 Å². The summed E-state index contributed by atoms with van der Waals surface area (Å²) in [5.41, 5.74) is 1.51. The number of rotatable bonds is 7. The summed E-state index contributed by atoms with van der Waals surface area (Å²) >= 11 is 0. The van der Waals surface area contributed by atoms with Gasteiger partial charge in [-0.1, -0.05) is 13.8 Å². The Morgan fingerprint density at radius 1 is 1.25 bits per heavy atom. The molecule has 1 aromatic heterocycles. The molecule has 0 amide bonds. The van der Waals surface area contributed by atoms with Crippen LogP contribution >= 0.6 is 0 Å². The molecule has 0 bridgehead atoms. The maximum Gasteiger partial charge on any atom is 0.255 e. The minimum absolute atomic E-state index is 0.00240. The molecule has 0 saturated carbocycles. The van der Waals surface area contributed by atoms with Crippen LogP contribution in [0.15, 0.2) is 4.79 Å². The van der Waals surface area contributed by atoms with Crippen molar-refractivity contribution in [2.45, 2.75) is 53.6 Å². The highest BCUT2D eigenvalue weighted by atomic mass is 16.1. The van der Waals surface area contributed by atoms with Gasteiger partial charge in [-0.2, -0.15) is 0 Å². The van der Waals surface area contributed by atoms with Gasteiger partial charge < -0.3 is 15.2 Å². The van der Waals surface area contributed by atoms with Crippen LogP contribution in [0, 0.1) is 13.8 Å². The highest BCUT2D eigenvalue weighted by Crippen LogP contribution is 2.11.